The Morgan fingerprint density at radius 1 is 0.870 bits per heavy atom. The van der Waals surface area contributed by atoms with E-state index in [4.69, 9.17) is 0 Å². The van der Waals surface area contributed by atoms with E-state index in [2.05, 4.69) is 30.5 Å². The summed E-state index contributed by atoms with van der Waals surface area (Å²) in [6.07, 6.45) is 9.86. The van der Waals surface area contributed by atoms with Crippen LogP contribution in [0.4, 0.5) is 10.1 Å². The van der Waals surface area contributed by atoms with E-state index in [0.29, 0.717) is 19.3 Å². The third kappa shape index (κ3) is 12.5. The molecule has 1 amide bonds. The molecule has 0 aromatic heterocycles. The molecule has 0 aliphatic carbocycles. The van der Waals surface area contributed by atoms with Crippen LogP contribution >= 0.6 is 11.8 Å². The van der Waals surface area contributed by atoms with Crippen molar-refractivity contribution < 1.29 is 29.6 Å². The Morgan fingerprint density at radius 3 is 1.98 bits per heavy atom. The van der Waals surface area contributed by atoms with Gasteiger partial charge in [0.25, 0.3) is 0 Å². The van der Waals surface area contributed by atoms with Crippen LogP contribution in [0.3, 0.4) is 0 Å². The lowest BCUT2D eigenvalue weighted by Crippen LogP contribution is -2.46. The average molecular weight is 656 g/mol. The molecule has 3 aromatic carbocycles. The van der Waals surface area contributed by atoms with Crippen molar-refractivity contribution in [3.8, 4) is 0 Å². The van der Waals surface area contributed by atoms with Crippen LogP contribution in [-0.2, 0) is 17.6 Å². The molecule has 1 aliphatic rings. The first-order valence-electron chi connectivity index (χ1n) is 16.6. The van der Waals surface area contributed by atoms with Crippen molar-refractivity contribution in [3.63, 3.8) is 0 Å². The fourth-order valence-corrected chi connectivity index (χ4v) is 5.66. The predicted molar refractivity (Wildman–Crippen MR) is 189 cm³/mol. The minimum Gasteiger partial charge on any atom is -0.393 e. The molecular weight excluding hydrogens is 601 g/mol. The summed E-state index contributed by atoms with van der Waals surface area (Å²) in [4.78, 5) is 14.3. The highest BCUT2D eigenvalue weighted by atomic mass is 32.2. The highest BCUT2D eigenvalue weighted by Gasteiger charge is 2.38. The van der Waals surface area contributed by atoms with Gasteiger partial charge in [-0.1, -0.05) is 82.1 Å². The van der Waals surface area contributed by atoms with Gasteiger partial charge in [0.2, 0.25) is 5.91 Å². The summed E-state index contributed by atoms with van der Waals surface area (Å²) in [5.41, 5.74) is 3.70. The minimum absolute atomic E-state index is 0.0423. The van der Waals surface area contributed by atoms with E-state index in [9.17, 15) is 29.6 Å². The number of hydrogen-bond acceptors (Lipinski definition) is 6. The largest absolute Gasteiger partial charge is 0.393 e. The standard InChI is InChI=1S/C27H37NO4S.C9H11FO.C2H6/c1-33-17-5-3-2-4-6-21-9-13-24(14-10-21)28-25(18-26(28)31)23-11-7-22(8-12-23)15-16-27(32,19-29)20-30;1-2-9(11)7-3-5-8(10)6-4-7;1-2/h7-14,25,29-30,32H,2-6,15-20H2,1H3;3-6,9,11H,2H2,1H3;1-2H3. The summed E-state index contributed by atoms with van der Waals surface area (Å²) >= 11 is 1.91. The number of anilines is 1. The topological polar surface area (TPSA) is 101 Å². The van der Waals surface area contributed by atoms with Crippen molar-refractivity contribution in [1.29, 1.82) is 0 Å². The Morgan fingerprint density at radius 2 is 1.43 bits per heavy atom. The molecule has 6 nitrogen and oxygen atoms in total. The van der Waals surface area contributed by atoms with E-state index in [1.165, 1.54) is 49.1 Å². The van der Waals surface area contributed by atoms with Crippen LogP contribution in [-0.4, -0.2) is 57.2 Å². The molecule has 0 bridgehead atoms. The summed E-state index contributed by atoms with van der Waals surface area (Å²) in [6.45, 7) is 4.96. The van der Waals surface area contributed by atoms with Crippen LogP contribution in [0, 0.1) is 5.82 Å². The maximum Gasteiger partial charge on any atom is 0.230 e. The van der Waals surface area contributed by atoms with Gasteiger partial charge in [-0.15, -0.1) is 0 Å². The molecule has 1 aliphatic heterocycles. The zero-order valence-electron chi connectivity index (χ0n) is 28.0. The quantitative estimate of drug-likeness (QED) is 0.0938. The monoisotopic (exact) mass is 655 g/mol. The Kier molecular flexibility index (Phi) is 18.2. The van der Waals surface area contributed by atoms with Crippen molar-refractivity contribution in [3.05, 3.63) is 101 Å². The van der Waals surface area contributed by atoms with Gasteiger partial charge in [-0.05, 0) is 97.1 Å². The fourth-order valence-electron chi connectivity index (χ4n) is 5.17. The second-order valence-corrected chi connectivity index (χ2v) is 12.6. The number of aryl methyl sites for hydroxylation is 2. The molecule has 1 heterocycles. The van der Waals surface area contributed by atoms with E-state index in [1.54, 1.807) is 12.1 Å². The van der Waals surface area contributed by atoms with Gasteiger partial charge in [-0.3, -0.25) is 4.79 Å². The third-order valence-electron chi connectivity index (χ3n) is 8.20. The van der Waals surface area contributed by atoms with Gasteiger partial charge in [0.15, 0.2) is 0 Å². The lowest BCUT2D eigenvalue weighted by atomic mass is 9.91. The molecule has 1 saturated heterocycles. The van der Waals surface area contributed by atoms with E-state index < -0.39 is 24.9 Å². The van der Waals surface area contributed by atoms with Gasteiger partial charge in [-0.25, -0.2) is 4.39 Å². The number of nitrogens with zero attached hydrogens (tertiary/aromatic N) is 1. The Labute approximate surface area is 279 Å². The Hall–Kier alpha value is -2.75. The highest BCUT2D eigenvalue weighted by Crippen LogP contribution is 2.39. The number of unbranched alkanes of at least 4 members (excludes halogenated alkanes) is 3. The molecule has 254 valence electrons. The van der Waals surface area contributed by atoms with Gasteiger partial charge < -0.3 is 25.3 Å². The molecule has 0 radical (unpaired) electrons. The zero-order valence-corrected chi connectivity index (χ0v) is 28.8. The molecule has 8 heteroatoms. The summed E-state index contributed by atoms with van der Waals surface area (Å²) < 4.78 is 12.4. The smallest absolute Gasteiger partial charge is 0.230 e. The van der Waals surface area contributed by atoms with Crippen molar-refractivity contribution in [2.75, 3.05) is 30.1 Å². The van der Waals surface area contributed by atoms with E-state index >= 15 is 0 Å². The van der Waals surface area contributed by atoms with Crippen LogP contribution in [0.1, 0.15) is 100 Å². The summed E-state index contributed by atoms with van der Waals surface area (Å²) in [7, 11) is 0. The Balaban J connectivity index is 0.000000475. The van der Waals surface area contributed by atoms with Crippen LogP contribution in [0.15, 0.2) is 72.8 Å². The van der Waals surface area contributed by atoms with Gasteiger partial charge in [0.1, 0.15) is 11.4 Å². The number of thioether (sulfide) groups is 1. The highest BCUT2D eigenvalue weighted by molar-refractivity contribution is 7.98. The summed E-state index contributed by atoms with van der Waals surface area (Å²) in [5.74, 6) is 1.12. The number of carbonyl (C=O) groups is 1. The Bertz CT molecular complexity index is 1250. The SMILES string of the molecule is CC.CCC(O)c1ccc(F)cc1.CSCCCCCCc1ccc(N2C(=O)CC2c2ccc(CCC(O)(CO)CO)cc2)cc1. The van der Waals surface area contributed by atoms with Crippen LogP contribution < -0.4 is 4.90 Å². The molecule has 0 spiro atoms. The molecule has 4 N–H and O–H groups in total. The number of carbonyl (C=O) groups excluding carboxylic acids is 1. The second kappa shape index (κ2) is 21.2. The number of aliphatic hydroxyl groups is 4. The number of β-lactam (4-membered cyclic amide) rings is 1. The normalized spacial score (nSPS) is 14.8. The van der Waals surface area contributed by atoms with Gasteiger partial charge in [-0.2, -0.15) is 11.8 Å². The van der Waals surface area contributed by atoms with Crippen molar-refractivity contribution in [2.24, 2.45) is 0 Å². The molecule has 46 heavy (non-hydrogen) atoms. The summed E-state index contributed by atoms with van der Waals surface area (Å²) in [5, 5.41) is 37.8. The van der Waals surface area contributed by atoms with E-state index in [0.717, 1.165) is 28.8 Å². The van der Waals surface area contributed by atoms with Crippen molar-refractivity contribution in [1.82, 2.24) is 0 Å². The number of rotatable bonds is 16. The number of benzene rings is 3. The van der Waals surface area contributed by atoms with Crippen molar-refractivity contribution >= 4 is 23.4 Å². The number of aliphatic hydroxyl groups excluding tert-OH is 3. The number of halogens is 1. The zero-order chi connectivity index (χ0) is 34.0. The predicted octanol–water partition coefficient (Wildman–Crippen LogP) is 7.57. The molecular formula is C38H54FNO5S. The lowest BCUT2D eigenvalue weighted by molar-refractivity contribution is -0.124. The van der Waals surface area contributed by atoms with Gasteiger partial charge in [0.05, 0.1) is 31.8 Å². The molecule has 3 aromatic rings. The molecule has 1 fully saturated rings. The first kappa shape index (κ1) is 39.4. The van der Waals surface area contributed by atoms with Gasteiger partial charge >= 0.3 is 0 Å². The molecule has 0 saturated carbocycles. The third-order valence-corrected chi connectivity index (χ3v) is 8.90. The second-order valence-electron chi connectivity index (χ2n) is 11.6. The van der Waals surface area contributed by atoms with Crippen LogP contribution in [0.25, 0.3) is 0 Å². The van der Waals surface area contributed by atoms with Gasteiger partial charge in [0, 0.05) is 5.69 Å². The minimum atomic E-state index is -1.45. The molecule has 4 rings (SSSR count). The first-order valence-corrected chi connectivity index (χ1v) is 18.0. The van der Waals surface area contributed by atoms with Crippen LogP contribution in [0.5, 0.6) is 0 Å². The maximum absolute atomic E-state index is 12.4. The molecule has 2 atom stereocenters. The fraction of sp³-hybridized carbons (Fsp3) is 0.500. The number of hydrogen-bond donors (Lipinski definition) is 4. The average Bonchev–Trinajstić information content (AvgIpc) is 3.09. The number of amides is 1. The first-order chi connectivity index (χ1) is 22.2. The van der Waals surface area contributed by atoms with Crippen molar-refractivity contribution in [2.45, 2.75) is 96.3 Å². The molecule has 2 unspecified atom stereocenters. The van der Waals surface area contributed by atoms with E-state index in [-0.39, 0.29) is 24.2 Å². The van der Waals surface area contributed by atoms with E-state index in [1.807, 2.05) is 61.7 Å². The lowest BCUT2D eigenvalue weighted by Gasteiger charge is -2.41. The summed E-state index contributed by atoms with van der Waals surface area (Å²) in [6, 6.07) is 22.4. The van der Waals surface area contributed by atoms with Crippen LogP contribution in [0.2, 0.25) is 0 Å². The maximum atomic E-state index is 12.4.